The Kier molecular flexibility index (Phi) is 4.50. The Labute approximate surface area is 146 Å². The fraction of sp³-hybridized carbons (Fsp3) is 0.500. The lowest BCUT2D eigenvalue weighted by Crippen LogP contribution is -2.49. The first kappa shape index (κ1) is 16.2. The Bertz CT molecular complexity index is 722. The second kappa shape index (κ2) is 6.93. The van der Waals surface area contributed by atoms with Gasteiger partial charge in [0, 0.05) is 19.3 Å². The number of likely N-dealkylation sites (tertiary alicyclic amines) is 1. The first-order chi connectivity index (χ1) is 12.3. The zero-order valence-electron chi connectivity index (χ0n) is 14.2. The molecule has 0 atom stereocenters. The van der Waals surface area contributed by atoms with E-state index < -0.39 is 0 Å². The van der Waals surface area contributed by atoms with E-state index in [2.05, 4.69) is 25.4 Å². The lowest BCUT2D eigenvalue weighted by atomic mass is 9.84. The van der Waals surface area contributed by atoms with E-state index in [1.165, 1.54) is 5.56 Å². The van der Waals surface area contributed by atoms with Gasteiger partial charge < -0.3 is 10.1 Å². The van der Waals surface area contributed by atoms with Gasteiger partial charge >= 0.3 is 0 Å². The van der Waals surface area contributed by atoms with E-state index in [0.29, 0.717) is 13.1 Å². The first-order valence-electron chi connectivity index (χ1n) is 8.81. The molecule has 0 radical (unpaired) electrons. The summed E-state index contributed by atoms with van der Waals surface area (Å²) in [4.78, 5) is 18.6. The molecule has 1 spiro atoms. The molecule has 2 N–H and O–H groups in total. The third-order valence-corrected chi connectivity index (χ3v) is 5.15. The fourth-order valence-corrected chi connectivity index (χ4v) is 3.74. The van der Waals surface area contributed by atoms with Gasteiger partial charge in [-0.2, -0.15) is 5.10 Å². The van der Waals surface area contributed by atoms with Crippen LogP contribution >= 0.6 is 0 Å². The van der Waals surface area contributed by atoms with Crippen LogP contribution in [0.15, 0.2) is 30.6 Å². The van der Waals surface area contributed by atoms with Gasteiger partial charge in [0.15, 0.2) is 0 Å². The highest BCUT2D eigenvalue weighted by Crippen LogP contribution is 2.40. The Morgan fingerprint density at radius 2 is 2.24 bits per heavy atom. The van der Waals surface area contributed by atoms with Crippen molar-refractivity contribution in [1.82, 2.24) is 25.4 Å². The molecule has 7 nitrogen and oxygen atoms in total. The summed E-state index contributed by atoms with van der Waals surface area (Å²) in [6, 6.07) is 5.70. The summed E-state index contributed by atoms with van der Waals surface area (Å²) in [6.45, 7) is 3.32. The number of amides is 1. The summed E-state index contributed by atoms with van der Waals surface area (Å²) in [5, 5.41) is 10.3. The number of rotatable bonds is 4. The molecular weight excluding hydrogens is 318 g/mol. The number of H-pyrrole nitrogens is 1. The van der Waals surface area contributed by atoms with Crippen LogP contribution in [0.5, 0.6) is 0 Å². The third-order valence-electron chi connectivity index (χ3n) is 5.15. The number of piperidine rings is 1. The molecule has 4 heterocycles. The minimum atomic E-state index is -0.245. The zero-order chi connectivity index (χ0) is 17.1. The van der Waals surface area contributed by atoms with Crippen molar-refractivity contribution in [3.63, 3.8) is 0 Å². The average Bonchev–Trinajstić information content (AvgIpc) is 3.13. The summed E-state index contributed by atoms with van der Waals surface area (Å²) in [6.07, 6.45) is 6.34. The van der Waals surface area contributed by atoms with Crippen molar-refractivity contribution in [3.8, 4) is 0 Å². The SMILES string of the molecule is O=C(CN1CCC2(CC1)OCCc1cn[nH]c12)NCc1ccccn1. The summed E-state index contributed by atoms with van der Waals surface area (Å²) in [5.74, 6) is 0.0356. The average molecular weight is 341 g/mol. The van der Waals surface area contributed by atoms with Crippen LogP contribution in [0.1, 0.15) is 29.8 Å². The van der Waals surface area contributed by atoms with Crippen LogP contribution in [0, 0.1) is 0 Å². The molecule has 2 aromatic rings. The summed E-state index contributed by atoms with van der Waals surface area (Å²) in [7, 11) is 0. The molecule has 0 aliphatic carbocycles. The van der Waals surface area contributed by atoms with E-state index in [0.717, 1.165) is 50.3 Å². The Morgan fingerprint density at radius 3 is 3.04 bits per heavy atom. The minimum Gasteiger partial charge on any atom is -0.368 e. The molecule has 7 heteroatoms. The van der Waals surface area contributed by atoms with Crippen molar-refractivity contribution in [1.29, 1.82) is 0 Å². The first-order valence-corrected chi connectivity index (χ1v) is 8.81. The molecule has 0 bridgehead atoms. The van der Waals surface area contributed by atoms with Gasteiger partial charge in [-0.15, -0.1) is 0 Å². The van der Waals surface area contributed by atoms with E-state index in [4.69, 9.17) is 4.74 Å². The molecule has 4 rings (SSSR count). The van der Waals surface area contributed by atoms with Crippen LogP contribution in [0.4, 0.5) is 0 Å². The van der Waals surface area contributed by atoms with Crippen LogP contribution in [-0.4, -0.2) is 52.2 Å². The molecule has 0 aromatic carbocycles. The zero-order valence-corrected chi connectivity index (χ0v) is 14.2. The normalized spacial score (nSPS) is 19.5. The van der Waals surface area contributed by atoms with Crippen molar-refractivity contribution in [2.75, 3.05) is 26.2 Å². The van der Waals surface area contributed by atoms with Gasteiger partial charge in [0.05, 0.1) is 37.3 Å². The van der Waals surface area contributed by atoms with E-state index in [9.17, 15) is 4.79 Å². The molecule has 2 aliphatic rings. The van der Waals surface area contributed by atoms with E-state index in [1.807, 2.05) is 24.4 Å². The minimum absolute atomic E-state index is 0.0356. The molecule has 25 heavy (non-hydrogen) atoms. The lowest BCUT2D eigenvalue weighted by Gasteiger charge is -2.43. The molecule has 1 fully saturated rings. The molecule has 0 unspecified atom stereocenters. The van der Waals surface area contributed by atoms with E-state index >= 15 is 0 Å². The van der Waals surface area contributed by atoms with Crippen molar-refractivity contribution >= 4 is 5.91 Å². The number of nitrogens with one attached hydrogen (secondary N) is 2. The molecular formula is C18H23N5O2. The molecule has 2 aliphatic heterocycles. The molecule has 1 amide bonds. The van der Waals surface area contributed by atoms with Crippen molar-refractivity contribution in [2.24, 2.45) is 0 Å². The number of carbonyl (C=O) groups excluding carboxylic acids is 1. The fourth-order valence-electron chi connectivity index (χ4n) is 3.74. The molecule has 0 saturated carbocycles. The van der Waals surface area contributed by atoms with Gasteiger partial charge in [-0.1, -0.05) is 6.07 Å². The van der Waals surface area contributed by atoms with Crippen LogP contribution in [0.25, 0.3) is 0 Å². The van der Waals surface area contributed by atoms with Crippen LogP contribution in [0.2, 0.25) is 0 Å². The van der Waals surface area contributed by atoms with Crippen molar-refractivity contribution in [2.45, 2.75) is 31.4 Å². The molecule has 1 saturated heterocycles. The number of hydrogen-bond acceptors (Lipinski definition) is 5. The number of carbonyl (C=O) groups is 1. The van der Waals surface area contributed by atoms with Crippen molar-refractivity contribution in [3.05, 3.63) is 47.5 Å². The van der Waals surface area contributed by atoms with Crippen LogP contribution < -0.4 is 5.32 Å². The summed E-state index contributed by atoms with van der Waals surface area (Å²) >= 11 is 0. The number of hydrogen-bond donors (Lipinski definition) is 2. The maximum absolute atomic E-state index is 12.2. The Morgan fingerprint density at radius 1 is 1.36 bits per heavy atom. The monoisotopic (exact) mass is 341 g/mol. The van der Waals surface area contributed by atoms with Gasteiger partial charge in [0.1, 0.15) is 5.60 Å². The van der Waals surface area contributed by atoms with Gasteiger partial charge in [-0.05, 0) is 37.0 Å². The van der Waals surface area contributed by atoms with E-state index in [1.54, 1.807) is 6.20 Å². The summed E-state index contributed by atoms with van der Waals surface area (Å²) < 4.78 is 6.14. The largest absolute Gasteiger partial charge is 0.368 e. The second-order valence-electron chi connectivity index (χ2n) is 6.74. The van der Waals surface area contributed by atoms with Crippen molar-refractivity contribution < 1.29 is 9.53 Å². The van der Waals surface area contributed by atoms with Crippen LogP contribution in [0.3, 0.4) is 0 Å². The predicted molar refractivity (Wildman–Crippen MR) is 91.7 cm³/mol. The number of nitrogens with zero attached hydrogens (tertiary/aromatic N) is 3. The number of aromatic nitrogens is 3. The van der Waals surface area contributed by atoms with Crippen LogP contribution in [-0.2, 0) is 28.1 Å². The number of fused-ring (bicyclic) bond motifs is 2. The maximum Gasteiger partial charge on any atom is 0.234 e. The second-order valence-corrected chi connectivity index (χ2v) is 6.74. The smallest absolute Gasteiger partial charge is 0.234 e. The summed E-state index contributed by atoms with van der Waals surface area (Å²) in [5.41, 5.74) is 3.03. The third kappa shape index (κ3) is 3.43. The van der Waals surface area contributed by atoms with Gasteiger partial charge in [-0.3, -0.25) is 19.8 Å². The Balaban J connectivity index is 1.29. The Hall–Kier alpha value is -2.25. The highest BCUT2D eigenvalue weighted by atomic mass is 16.5. The van der Waals surface area contributed by atoms with E-state index in [-0.39, 0.29) is 11.5 Å². The molecule has 2 aromatic heterocycles. The topological polar surface area (TPSA) is 83.1 Å². The van der Waals surface area contributed by atoms with Gasteiger partial charge in [-0.25, -0.2) is 0 Å². The maximum atomic E-state index is 12.2. The van der Waals surface area contributed by atoms with Gasteiger partial charge in [0.2, 0.25) is 5.91 Å². The highest BCUT2D eigenvalue weighted by molar-refractivity contribution is 5.77. The predicted octanol–water partition coefficient (Wildman–Crippen LogP) is 0.985. The lowest BCUT2D eigenvalue weighted by molar-refractivity contribution is -0.126. The quantitative estimate of drug-likeness (QED) is 0.866. The number of pyridine rings is 1. The standard InChI is InChI=1S/C18H23N5O2/c24-16(20-12-15-3-1-2-7-19-15)13-23-8-5-18(6-9-23)17-14(4-10-25-18)11-21-22-17/h1-3,7,11H,4-6,8-10,12-13H2,(H,20,24)(H,21,22). The number of ether oxygens (including phenoxy) is 1. The van der Waals surface area contributed by atoms with Gasteiger partial charge in [0.25, 0.3) is 0 Å². The highest BCUT2D eigenvalue weighted by Gasteiger charge is 2.42. The number of aromatic amines is 1. The molecule has 132 valence electrons.